The predicted octanol–water partition coefficient (Wildman–Crippen LogP) is 0.322. The number of aliphatic imine (C=N–C) groups is 1. The molecule has 0 atom stereocenters. The molecule has 0 radical (unpaired) electrons. The zero-order chi connectivity index (χ0) is 22.5. The largest absolute Gasteiger partial charge is 0.480 e. The lowest BCUT2D eigenvalue weighted by atomic mass is 10.2. The number of rotatable bonds is 14. The Morgan fingerprint density at radius 3 is 1.77 bits per heavy atom. The average molecular weight is 439 g/mol. The summed E-state index contributed by atoms with van der Waals surface area (Å²) in [6, 6.07) is 6.70. The minimum absolute atomic E-state index is 0.0355. The van der Waals surface area contributed by atoms with E-state index in [1.165, 1.54) is 4.90 Å². The van der Waals surface area contributed by atoms with Crippen LogP contribution >= 0.6 is 12.2 Å². The van der Waals surface area contributed by atoms with Crippen LogP contribution in [0.3, 0.4) is 0 Å². The van der Waals surface area contributed by atoms with Crippen molar-refractivity contribution in [1.29, 1.82) is 0 Å². The highest BCUT2D eigenvalue weighted by atomic mass is 32.1. The summed E-state index contributed by atoms with van der Waals surface area (Å²) in [4.78, 5) is 50.9. The van der Waals surface area contributed by atoms with Crippen LogP contribution in [0.15, 0.2) is 29.3 Å². The highest BCUT2D eigenvalue weighted by molar-refractivity contribution is 7.78. The van der Waals surface area contributed by atoms with Crippen molar-refractivity contribution in [1.82, 2.24) is 9.80 Å². The maximum Gasteiger partial charge on any atom is 0.320 e. The highest BCUT2D eigenvalue weighted by Gasteiger charge is 2.19. The monoisotopic (exact) mass is 439 g/mol. The minimum Gasteiger partial charge on any atom is -0.480 e. The van der Waals surface area contributed by atoms with Crippen LogP contribution < -0.4 is 0 Å². The standard InChI is InChI=1S/C18H21N3O8S/c22-15(23)7-20(8-16(24)25)5-6-21(9-17(26)27)10-18(28)29-11-13-1-3-14(4-2-13)19-12-30/h1-4H,5-11H2,(H,22,23)(H,24,25)(H,26,27). The van der Waals surface area contributed by atoms with Crippen LogP contribution in [0.25, 0.3) is 0 Å². The first-order valence-electron chi connectivity index (χ1n) is 8.62. The third-order valence-corrected chi connectivity index (χ3v) is 3.76. The Bertz CT molecular complexity index is 792. The molecule has 30 heavy (non-hydrogen) atoms. The lowest BCUT2D eigenvalue weighted by Crippen LogP contribution is -2.43. The average Bonchev–Trinajstić information content (AvgIpc) is 2.64. The highest BCUT2D eigenvalue weighted by Crippen LogP contribution is 2.13. The number of esters is 1. The van der Waals surface area contributed by atoms with E-state index in [2.05, 4.69) is 22.4 Å². The van der Waals surface area contributed by atoms with Crippen LogP contribution in [-0.2, 0) is 30.5 Å². The number of ether oxygens (including phenoxy) is 1. The number of nitrogens with zero attached hydrogens (tertiary/aromatic N) is 3. The molecule has 0 aromatic heterocycles. The van der Waals surface area contributed by atoms with Crippen LogP contribution in [-0.4, -0.2) is 93.4 Å². The lowest BCUT2D eigenvalue weighted by Gasteiger charge is -2.24. The predicted molar refractivity (Wildman–Crippen MR) is 107 cm³/mol. The second-order valence-electron chi connectivity index (χ2n) is 6.13. The molecule has 0 aliphatic carbocycles. The number of benzene rings is 1. The van der Waals surface area contributed by atoms with Crippen molar-refractivity contribution in [3.05, 3.63) is 29.8 Å². The van der Waals surface area contributed by atoms with Gasteiger partial charge in [-0.2, -0.15) is 4.99 Å². The summed E-state index contributed by atoms with van der Waals surface area (Å²) in [6.45, 7) is -2.03. The first kappa shape index (κ1) is 24.9. The van der Waals surface area contributed by atoms with E-state index in [-0.39, 0.29) is 26.2 Å². The molecule has 0 saturated heterocycles. The molecule has 11 nitrogen and oxygen atoms in total. The smallest absolute Gasteiger partial charge is 0.320 e. The number of carbonyl (C=O) groups excluding carboxylic acids is 1. The Labute approximate surface area is 177 Å². The van der Waals surface area contributed by atoms with Gasteiger partial charge in [-0.25, -0.2) is 0 Å². The number of thiocarbonyl (C=S) groups is 1. The second-order valence-corrected chi connectivity index (χ2v) is 6.32. The van der Waals surface area contributed by atoms with E-state index in [0.717, 1.165) is 4.90 Å². The molecule has 3 N–H and O–H groups in total. The number of carboxylic acids is 3. The number of isothiocyanates is 1. The molecular formula is C18H21N3O8S. The zero-order valence-corrected chi connectivity index (χ0v) is 16.7. The zero-order valence-electron chi connectivity index (χ0n) is 15.9. The molecule has 0 aliphatic rings. The molecule has 0 amide bonds. The van der Waals surface area contributed by atoms with Gasteiger partial charge < -0.3 is 20.1 Å². The first-order chi connectivity index (χ1) is 14.2. The summed E-state index contributed by atoms with van der Waals surface area (Å²) in [6.07, 6.45) is 0. The van der Waals surface area contributed by atoms with Crippen LogP contribution in [0.5, 0.6) is 0 Å². The lowest BCUT2D eigenvalue weighted by molar-refractivity contribution is -0.149. The summed E-state index contributed by atoms with van der Waals surface area (Å²) in [7, 11) is 0. The maximum absolute atomic E-state index is 12.1. The molecule has 0 saturated carbocycles. The van der Waals surface area contributed by atoms with Crippen molar-refractivity contribution in [2.24, 2.45) is 4.99 Å². The van der Waals surface area contributed by atoms with Gasteiger partial charge in [-0.15, -0.1) is 0 Å². The van der Waals surface area contributed by atoms with Gasteiger partial charge in [0.2, 0.25) is 0 Å². The van der Waals surface area contributed by atoms with Crippen LogP contribution in [0.1, 0.15) is 5.56 Å². The summed E-state index contributed by atoms with van der Waals surface area (Å²) in [5.41, 5.74) is 1.28. The minimum atomic E-state index is -1.22. The van der Waals surface area contributed by atoms with Crippen molar-refractivity contribution < 1.29 is 39.2 Å². The topological polar surface area (TPSA) is 157 Å². The van der Waals surface area contributed by atoms with E-state index in [9.17, 15) is 19.2 Å². The molecule has 162 valence electrons. The Hall–Kier alpha value is -3.18. The number of carboxylic acid groups (broad SMARTS) is 3. The number of aliphatic carboxylic acids is 3. The summed E-state index contributed by atoms with van der Waals surface area (Å²) in [5.74, 6) is -4.31. The summed E-state index contributed by atoms with van der Waals surface area (Å²) >= 11 is 4.51. The molecule has 1 rings (SSSR count). The Balaban J connectivity index is 2.61. The Kier molecular flexibility index (Phi) is 10.9. The molecule has 0 bridgehead atoms. The van der Waals surface area contributed by atoms with Gasteiger partial charge in [0.25, 0.3) is 0 Å². The van der Waals surface area contributed by atoms with E-state index in [1.807, 2.05) is 0 Å². The molecule has 0 fully saturated rings. The SMILES string of the molecule is O=C(O)CN(CCN(CC(=O)O)CC(=O)OCc1ccc(N=C=S)cc1)CC(=O)O. The summed E-state index contributed by atoms with van der Waals surface area (Å²) in [5, 5.41) is 28.9. The molecular weight excluding hydrogens is 418 g/mol. The van der Waals surface area contributed by atoms with Crippen molar-refractivity contribution in [2.45, 2.75) is 6.61 Å². The van der Waals surface area contributed by atoms with Gasteiger partial charge in [0, 0.05) is 13.1 Å². The van der Waals surface area contributed by atoms with E-state index >= 15 is 0 Å². The Morgan fingerprint density at radius 1 is 0.867 bits per heavy atom. The van der Waals surface area contributed by atoms with Gasteiger partial charge >= 0.3 is 23.9 Å². The molecule has 0 unspecified atom stereocenters. The van der Waals surface area contributed by atoms with Crippen LogP contribution in [0.2, 0.25) is 0 Å². The fourth-order valence-corrected chi connectivity index (χ4v) is 2.50. The van der Waals surface area contributed by atoms with Gasteiger partial charge in [-0.3, -0.25) is 29.0 Å². The normalized spacial score (nSPS) is 10.5. The molecule has 1 aromatic rings. The van der Waals surface area contributed by atoms with Crippen LogP contribution in [0.4, 0.5) is 5.69 Å². The number of hydrogen-bond donors (Lipinski definition) is 3. The second kappa shape index (κ2) is 13.1. The van der Waals surface area contributed by atoms with Crippen molar-refractivity contribution in [3.8, 4) is 0 Å². The van der Waals surface area contributed by atoms with Gasteiger partial charge in [-0.1, -0.05) is 12.1 Å². The third-order valence-electron chi connectivity index (χ3n) is 3.67. The van der Waals surface area contributed by atoms with Gasteiger partial charge in [0.1, 0.15) is 6.61 Å². The summed E-state index contributed by atoms with van der Waals surface area (Å²) < 4.78 is 5.13. The fraction of sp³-hybridized carbons (Fsp3) is 0.389. The van der Waals surface area contributed by atoms with E-state index in [4.69, 9.17) is 20.1 Å². The van der Waals surface area contributed by atoms with Gasteiger partial charge in [-0.05, 0) is 29.9 Å². The van der Waals surface area contributed by atoms with Crippen LogP contribution in [0, 0.1) is 0 Å². The molecule has 0 spiro atoms. The Morgan fingerprint density at radius 2 is 1.33 bits per heavy atom. The van der Waals surface area contributed by atoms with E-state index in [0.29, 0.717) is 11.3 Å². The molecule has 1 aromatic carbocycles. The molecule has 12 heteroatoms. The van der Waals surface area contributed by atoms with Gasteiger partial charge in [0.05, 0.1) is 37.0 Å². The first-order valence-corrected chi connectivity index (χ1v) is 9.03. The quantitative estimate of drug-likeness (QED) is 0.208. The maximum atomic E-state index is 12.1. The van der Waals surface area contributed by atoms with Crippen molar-refractivity contribution >= 4 is 46.9 Å². The van der Waals surface area contributed by atoms with E-state index in [1.54, 1.807) is 24.3 Å². The number of carbonyl (C=O) groups is 4. The third kappa shape index (κ3) is 11.0. The van der Waals surface area contributed by atoms with Crippen molar-refractivity contribution in [3.63, 3.8) is 0 Å². The molecule has 0 aliphatic heterocycles. The number of hydrogen-bond acceptors (Lipinski definition) is 9. The molecule has 0 heterocycles. The fourth-order valence-electron chi connectivity index (χ4n) is 2.40. The van der Waals surface area contributed by atoms with Crippen molar-refractivity contribution in [2.75, 3.05) is 39.3 Å². The van der Waals surface area contributed by atoms with Gasteiger partial charge in [0.15, 0.2) is 0 Å². The van der Waals surface area contributed by atoms with E-state index < -0.39 is 43.5 Å².